The van der Waals surface area contributed by atoms with Crippen molar-refractivity contribution in [1.82, 2.24) is 15.3 Å². The molecule has 0 radical (unpaired) electrons. The molecule has 2 aromatic heterocycles. The van der Waals surface area contributed by atoms with E-state index in [0.29, 0.717) is 35.2 Å². The smallest absolute Gasteiger partial charge is 0.248 e. The summed E-state index contributed by atoms with van der Waals surface area (Å²) < 4.78 is 7.01. The molecule has 254 valence electrons. The molecule has 0 spiro atoms. The first-order valence-corrected chi connectivity index (χ1v) is 17.0. The van der Waals surface area contributed by atoms with Gasteiger partial charge in [0.1, 0.15) is 6.54 Å². The maximum absolute atomic E-state index is 12.1. The van der Waals surface area contributed by atoms with Crippen molar-refractivity contribution in [3.05, 3.63) is 130 Å². The SMILES string of the molecule is C[N+](C)(CCCCCCCCCNC[C@H](O)c1ccc([O-])c2[nH]c(=O)ccc12)Cc1cnc(C(O)(c2ccccc2)c2ccccc2)o1. The highest BCUT2D eigenvalue weighted by atomic mass is 16.4. The zero-order chi connectivity index (χ0) is 34.0. The summed E-state index contributed by atoms with van der Waals surface area (Å²) in [6.45, 7) is 2.91. The van der Waals surface area contributed by atoms with E-state index in [1.54, 1.807) is 18.3 Å². The Bertz CT molecular complexity index is 1750. The van der Waals surface area contributed by atoms with Crippen LogP contribution in [0.25, 0.3) is 10.9 Å². The van der Waals surface area contributed by atoms with Crippen LogP contribution in [0.4, 0.5) is 0 Å². The molecule has 0 aliphatic rings. The number of unbranched alkanes of at least 4 members (excludes halogenated alkanes) is 6. The second kappa shape index (κ2) is 16.2. The van der Waals surface area contributed by atoms with Crippen LogP contribution in [0.1, 0.15) is 79.4 Å². The van der Waals surface area contributed by atoms with Gasteiger partial charge in [-0.05, 0) is 48.6 Å². The summed E-state index contributed by atoms with van der Waals surface area (Å²) in [4.78, 5) is 18.7. The van der Waals surface area contributed by atoms with Gasteiger partial charge in [0.15, 0.2) is 11.4 Å². The number of quaternary nitrogens is 1. The van der Waals surface area contributed by atoms with Crippen LogP contribution < -0.4 is 16.0 Å². The van der Waals surface area contributed by atoms with Crippen molar-refractivity contribution in [3.63, 3.8) is 0 Å². The van der Waals surface area contributed by atoms with Crippen LogP contribution in [-0.4, -0.2) is 58.4 Å². The van der Waals surface area contributed by atoms with Gasteiger partial charge in [0.25, 0.3) is 0 Å². The Morgan fingerprint density at radius 1 is 0.875 bits per heavy atom. The van der Waals surface area contributed by atoms with E-state index in [9.17, 15) is 20.1 Å². The second-order valence-corrected chi connectivity index (χ2v) is 13.4. The Morgan fingerprint density at radius 3 is 2.17 bits per heavy atom. The van der Waals surface area contributed by atoms with E-state index >= 15 is 0 Å². The number of nitrogens with one attached hydrogen (secondary N) is 2. The predicted octanol–water partition coefficient (Wildman–Crippen LogP) is 5.50. The number of aromatic nitrogens is 2. The van der Waals surface area contributed by atoms with Crippen molar-refractivity contribution < 1.29 is 24.2 Å². The van der Waals surface area contributed by atoms with Crippen LogP contribution in [0.5, 0.6) is 5.75 Å². The summed E-state index contributed by atoms with van der Waals surface area (Å²) in [7, 11) is 4.41. The summed E-state index contributed by atoms with van der Waals surface area (Å²) in [5.74, 6) is 0.781. The third kappa shape index (κ3) is 8.79. The second-order valence-electron chi connectivity index (χ2n) is 13.4. The van der Waals surface area contributed by atoms with Gasteiger partial charge in [-0.3, -0.25) is 4.79 Å². The van der Waals surface area contributed by atoms with Crippen molar-refractivity contribution in [2.24, 2.45) is 0 Å². The number of H-pyrrole nitrogens is 1. The van der Waals surface area contributed by atoms with Crippen molar-refractivity contribution in [2.75, 3.05) is 33.7 Å². The fraction of sp³-hybridized carbons (Fsp3) is 0.385. The number of nitrogens with zero attached hydrogens (tertiary/aromatic N) is 2. The first kappa shape index (κ1) is 35.0. The Hall–Kier alpha value is -4.28. The summed E-state index contributed by atoms with van der Waals surface area (Å²) in [5.41, 5.74) is 0.502. The van der Waals surface area contributed by atoms with Gasteiger partial charge in [-0.2, -0.15) is 0 Å². The molecule has 2 heterocycles. The molecule has 4 N–H and O–H groups in total. The van der Waals surface area contributed by atoms with Crippen molar-refractivity contribution in [3.8, 4) is 5.75 Å². The molecule has 1 atom stereocenters. The first-order chi connectivity index (χ1) is 23.2. The number of rotatable bonds is 18. The lowest BCUT2D eigenvalue weighted by Gasteiger charge is -2.29. The van der Waals surface area contributed by atoms with Gasteiger partial charge >= 0.3 is 0 Å². The summed E-state index contributed by atoms with van der Waals surface area (Å²) in [6, 6.07) is 25.1. The van der Waals surface area contributed by atoms with E-state index < -0.39 is 11.7 Å². The van der Waals surface area contributed by atoms with Gasteiger partial charge in [0.05, 0.1) is 32.9 Å². The van der Waals surface area contributed by atoms with Gasteiger partial charge in [-0.15, -0.1) is 0 Å². The minimum atomic E-state index is -1.47. The highest BCUT2D eigenvalue weighted by molar-refractivity contribution is 5.87. The molecular formula is C39H48N4O5. The molecule has 0 unspecified atom stereocenters. The van der Waals surface area contributed by atoms with E-state index in [4.69, 9.17) is 4.42 Å². The van der Waals surface area contributed by atoms with Crippen LogP contribution >= 0.6 is 0 Å². The normalized spacial score (nSPS) is 12.8. The maximum Gasteiger partial charge on any atom is 0.248 e. The molecule has 0 saturated carbocycles. The highest BCUT2D eigenvalue weighted by Gasteiger charge is 2.39. The Balaban J connectivity index is 0.982. The molecule has 0 bridgehead atoms. The van der Waals surface area contributed by atoms with Crippen LogP contribution in [0.2, 0.25) is 0 Å². The molecular weight excluding hydrogens is 604 g/mol. The average Bonchev–Trinajstić information content (AvgIpc) is 3.56. The van der Waals surface area contributed by atoms with Crippen molar-refractivity contribution >= 4 is 10.9 Å². The topological polar surface area (TPSA) is 134 Å². The quantitative estimate of drug-likeness (QED) is 0.0725. The molecule has 48 heavy (non-hydrogen) atoms. The number of aliphatic hydroxyl groups excluding tert-OH is 1. The third-order valence-electron chi connectivity index (χ3n) is 9.03. The van der Waals surface area contributed by atoms with Crippen LogP contribution in [0.3, 0.4) is 0 Å². The minimum Gasteiger partial charge on any atom is -0.871 e. The fourth-order valence-electron chi connectivity index (χ4n) is 6.38. The van der Waals surface area contributed by atoms with Gasteiger partial charge < -0.3 is 34.5 Å². The number of benzene rings is 3. The van der Waals surface area contributed by atoms with Gasteiger partial charge in [0.2, 0.25) is 11.4 Å². The molecule has 0 amide bonds. The summed E-state index contributed by atoms with van der Waals surface area (Å²) in [6.07, 6.45) is 9.03. The molecule has 9 nitrogen and oxygen atoms in total. The van der Waals surface area contributed by atoms with Gasteiger partial charge in [-0.25, -0.2) is 4.98 Å². The standard InChI is InChI=1S/C39H48N4O5/c1-43(2,28-31-26-41-38(48-31)39(47,29-16-10-8-11-17-29)30-18-12-9-13-19-30)25-15-7-5-3-4-6-14-24-40-27-35(45)32-20-22-34(44)37-33(32)21-23-36(46)42-37/h8-13,16-23,26,35,40,45,47H,3-7,14-15,24-25,27-28H2,1-2H3,(H-,42,44,46)/t35-/m0/s1. The van der Waals surface area contributed by atoms with E-state index in [2.05, 4.69) is 29.4 Å². The lowest BCUT2D eigenvalue weighted by molar-refractivity contribution is -0.904. The zero-order valence-electron chi connectivity index (χ0n) is 28.0. The van der Waals surface area contributed by atoms with E-state index in [-0.39, 0.29) is 22.7 Å². The zero-order valence-corrected chi connectivity index (χ0v) is 28.0. The van der Waals surface area contributed by atoms with Crippen LogP contribution in [0, 0.1) is 0 Å². The maximum atomic E-state index is 12.1. The van der Waals surface area contributed by atoms with Crippen LogP contribution in [0.15, 0.2) is 100 Å². The lowest BCUT2D eigenvalue weighted by atomic mass is 9.86. The van der Waals surface area contributed by atoms with Gasteiger partial charge in [0, 0.05) is 23.5 Å². The molecule has 9 heteroatoms. The van der Waals surface area contributed by atoms with Crippen molar-refractivity contribution in [1.29, 1.82) is 0 Å². The van der Waals surface area contributed by atoms with Crippen LogP contribution in [-0.2, 0) is 12.1 Å². The highest BCUT2D eigenvalue weighted by Crippen LogP contribution is 2.36. The number of fused-ring (bicyclic) bond motifs is 1. The number of oxazole rings is 1. The molecule has 0 aliphatic heterocycles. The molecule has 0 saturated heterocycles. The number of aromatic amines is 1. The molecule has 0 fully saturated rings. The average molecular weight is 653 g/mol. The fourth-order valence-corrected chi connectivity index (χ4v) is 6.38. The monoisotopic (exact) mass is 652 g/mol. The first-order valence-electron chi connectivity index (χ1n) is 17.0. The number of hydrogen-bond acceptors (Lipinski definition) is 7. The molecule has 5 aromatic rings. The Kier molecular flexibility index (Phi) is 11.8. The van der Waals surface area contributed by atoms with Crippen molar-refractivity contribution in [2.45, 2.75) is 63.2 Å². The predicted molar refractivity (Wildman–Crippen MR) is 186 cm³/mol. The largest absolute Gasteiger partial charge is 0.871 e. The molecule has 5 rings (SSSR count). The summed E-state index contributed by atoms with van der Waals surface area (Å²) >= 11 is 0. The number of pyridine rings is 1. The Labute approximate surface area is 282 Å². The summed E-state index contributed by atoms with van der Waals surface area (Å²) in [5, 5.41) is 38.6. The van der Waals surface area contributed by atoms with Gasteiger partial charge in [-0.1, -0.05) is 104 Å². The van der Waals surface area contributed by atoms with E-state index in [0.717, 1.165) is 42.6 Å². The Morgan fingerprint density at radius 2 is 1.50 bits per heavy atom. The number of aliphatic hydroxyl groups is 2. The van der Waals surface area contributed by atoms with E-state index in [1.165, 1.54) is 37.8 Å². The minimum absolute atomic E-state index is 0.238. The lowest BCUT2D eigenvalue weighted by Crippen LogP contribution is -2.39. The third-order valence-corrected chi connectivity index (χ3v) is 9.03. The molecule has 3 aromatic carbocycles. The molecule has 0 aliphatic carbocycles. The number of hydrogen-bond donors (Lipinski definition) is 4. The van der Waals surface area contributed by atoms with E-state index in [1.807, 2.05) is 60.7 Å².